The molecule has 2 aliphatic rings. The fourth-order valence-electron chi connectivity index (χ4n) is 3.99. The van der Waals surface area contributed by atoms with Gasteiger partial charge in [0.2, 0.25) is 0 Å². The van der Waals surface area contributed by atoms with E-state index in [1.807, 2.05) is 4.90 Å². The quantitative estimate of drug-likeness (QED) is 0.861. The molecule has 0 unspecified atom stereocenters. The highest BCUT2D eigenvalue weighted by molar-refractivity contribution is 5.91. The molecule has 25 heavy (non-hydrogen) atoms. The number of carbonyl (C=O) groups is 2. The zero-order chi connectivity index (χ0) is 17.8. The second-order valence-electron chi connectivity index (χ2n) is 7.12. The van der Waals surface area contributed by atoms with Crippen molar-refractivity contribution in [1.29, 1.82) is 0 Å². The van der Waals surface area contributed by atoms with E-state index < -0.39 is 5.97 Å². The first-order valence-electron chi connectivity index (χ1n) is 9.02. The summed E-state index contributed by atoms with van der Waals surface area (Å²) in [5.41, 5.74) is 0. The van der Waals surface area contributed by atoms with Crippen LogP contribution in [0.4, 0.5) is 0 Å². The summed E-state index contributed by atoms with van der Waals surface area (Å²) < 4.78 is 5.24. The summed E-state index contributed by atoms with van der Waals surface area (Å²) in [6.07, 6.45) is 3.15. The van der Waals surface area contributed by atoms with Crippen LogP contribution in [0, 0.1) is 5.92 Å². The molecule has 0 aliphatic carbocycles. The molecule has 1 N–H and O–H groups in total. The zero-order valence-electron chi connectivity index (χ0n) is 14.8. The molecule has 2 atom stereocenters. The van der Waals surface area contributed by atoms with Crippen molar-refractivity contribution in [3.63, 3.8) is 0 Å². The minimum atomic E-state index is -0.772. The second kappa shape index (κ2) is 8.01. The molecule has 0 aromatic carbocycles. The van der Waals surface area contributed by atoms with Gasteiger partial charge in [-0.25, -0.2) is 0 Å². The number of likely N-dealkylation sites (N-methyl/N-ethyl adjacent to an activating group) is 1. The summed E-state index contributed by atoms with van der Waals surface area (Å²) >= 11 is 0. The summed E-state index contributed by atoms with van der Waals surface area (Å²) in [7, 11) is 2.13. The van der Waals surface area contributed by atoms with Crippen molar-refractivity contribution < 1.29 is 19.1 Å². The first-order chi connectivity index (χ1) is 12.0. The molecule has 0 radical (unpaired) electrons. The number of rotatable bonds is 5. The van der Waals surface area contributed by atoms with Crippen LogP contribution >= 0.6 is 0 Å². The monoisotopic (exact) mass is 349 g/mol. The molecule has 0 spiro atoms. The molecular formula is C18H27N3O4. The van der Waals surface area contributed by atoms with E-state index in [1.54, 1.807) is 12.1 Å². The summed E-state index contributed by atoms with van der Waals surface area (Å²) in [5.74, 6) is -0.323. The third-order valence-corrected chi connectivity index (χ3v) is 5.45. The van der Waals surface area contributed by atoms with Gasteiger partial charge in [0.15, 0.2) is 5.76 Å². The van der Waals surface area contributed by atoms with E-state index in [0.717, 1.165) is 32.6 Å². The van der Waals surface area contributed by atoms with E-state index in [9.17, 15) is 9.59 Å². The maximum Gasteiger partial charge on any atom is 0.303 e. The number of piperidine rings is 1. The van der Waals surface area contributed by atoms with Crippen LogP contribution in [0.15, 0.2) is 22.8 Å². The van der Waals surface area contributed by atoms with Gasteiger partial charge in [0, 0.05) is 51.7 Å². The van der Waals surface area contributed by atoms with E-state index in [1.165, 1.54) is 6.26 Å². The van der Waals surface area contributed by atoms with Crippen molar-refractivity contribution in [2.45, 2.75) is 25.3 Å². The van der Waals surface area contributed by atoms with Crippen molar-refractivity contribution in [1.82, 2.24) is 14.7 Å². The van der Waals surface area contributed by atoms with Gasteiger partial charge in [-0.1, -0.05) is 0 Å². The fourth-order valence-corrected chi connectivity index (χ4v) is 3.99. The summed E-state index contributed by atoms with van der Waals surface area (Å²) in [4.78, 5) is 30.2. The molecule has 2 aliphatic heterocycles. The lowest BCUT2D eigenvalue weighted by Gasteiger charge is -2.46. The molecule has 0 bridgehead atoms. The van der Waals surface area contributed by atoms with E-state index >= 15 is 0 Å². The standard InChI is InChI=1S/C18H27N3O4/c1-19-8-10-20(11-9-19)15-6-7-21(13-14(15)4-5-17(22)23)18(24)16-3-2-12-25-16/h2-3,12,14-15H,4-11,13H2,1H3,(H,22,23)/t14-,15+/m1/s1. The van der Waals surface area contributed by atoms with Gasteiger partial charge in [0.1, 0.15) is 0 Å². The predicted molar refractivity (Wildman–Crippen MR) is 92.4 cm³/mol. The van der Waals surface area contributed by atoms with Crippen LogP contribution in [-0.4, -0.2) is 84.0 Å². The summed E-state index contributed by atoms with van der Waals surface area (Å²) in [6, 6.07) is 3.75. The van der Waals surface area contributed by atoms with E-state index in [0.29, 0.717) is 31.3 Å². The third-order valence-electron chi connectivity index (χ3n) is 5.45. The van der Waals surface area contributed by atoms with Crippen LogP contribution in [0.3, 0.4) is 0 Å². The Hall–Kier alpha value is -1.86. The largest absolute Gasteiger partial charge is 0.481 e. The Balaban J connectivity index is 1.67. The molecule has 1 amide bonds. The van der Waals surface area contributed by atoms with Crippen molar-refractivity contribution in [3.05, 3.63) is 24.2 Å². The Labute approximate surface area is 148 Å². The van der Waals surface area contributed by atoms with E-state index in [2.05, 4.69) is 16.8 Å². The average Bonchev–Trinajstić information content (AvgIpc) is 3.14. The molecule has 1 aromatic rings. The van der Waals surface area contributed by atoms with Crippen molar-refractivity contribution in [3.8, 4) is 0 Å². The molecule has 138 valence electrons. The molecule has 3 rings (SSSR count). The Morgan fingerprint density at radius 1 is 1.24 bits per heavy atom. The van der Waals surface area contributed by atoms with Crippen LogP contribution in [-0.2, 0) is 4.79 Å². The molecule has 7 heteroatoms. The maximum absolute atomic E-state index is 12.6. The lowest BCUT2D eigenvalue weighted by atomic mass is 9.86. The Morgan fingerprint density at radius 2 is 2.00 bits per heavy atom. The van der Waals surface area contributed by atoms with Crippen LogP contribution in [0.5, 0.6) is 0 Å². The van der Waals surface area contributed by atoms with Gasteiger partial charge in [-0.15, -0.1) is 0 Å². The third kappa shape index (κ3) is 4.41. The van der Waals surface area contributed by atoms with Gasteiger partial charge in [-0.2, -0.15) is 0 Å². The van der Waals surface area contributed by atoms with Crippen molar-refractivity contribution in [2.75, 3.05) is 46.3 Å². The topological polar surface area (TPSA) is 77.2 Å². The van der Waals surface area contributed by atoms with Gasteiger partial charge < -0.3 is 19.3 Å². The molecule has 7 nitrogen and oxygen atoms in total. The van der Waals surface area contributed by atoms with Crippen LogP contribution < -0.4 is 0 Å². The number of carboxylic acid groups (broad SMARTS) is 1. The van der Waals surface area contributed by atoms with Crippen LogP contribution in [0.1, 0.15) is 29.8 Å². The predicted octanol–water partition coefficient (Wildman–Crippen LogP) is 1.22. The molecular weight excluding hydrogens is 322 g/mol. The number of furan rings is 1. The highest BCUT2D eigenvalue weighted by Gasteiger charge is 2.36. The Morgan fingerprint density at radius 3 is 2.64 bits per heavy atom. The normalized spacial score (nSPS) is 25.9. The molecule has 3 heterocycles. The SMILES string of the molecule is CN1CCN([C@H]2CCN(C(=O)c3ccco3)C[C@H]2CCC(=O)O)CC1. The number of amides is 1. The summed E-state index contributed by atoms with van der Waals surface area (Å²) in [5, 5.41) is 9.08. The van der Waals surface area contributed by atoms with Gasteiger partial charge >= 0.3 is 5.97 Å². The highest BCUT2D eigenvalue weighted by atomic mass is 16.4. The number of hydrogen-bond acceptors (Lipinski definition) is 5. The number of piperazine rings is 1. The van der Waals surface area contributed by atoms with Gasteiger partial charge in [0.25, 0.3) is 5.91 Å². The molecule has 2 saturated heterocycles. The van der Waals surface area contributed by atoms with Gasteiger partial charge in [-0.05, 0) is 37.9 Å². The highest BCUT2D eigenvalue weighted by Crippen LogP contribution is 2.28. The number of carbonyl (C=O) groups excluding carboxylic acids is 1. The molecule has 2 fully saturated rings. The van der Waals surface area contributed by atoms with Crippen LogP contribution in [0.25, 0.3) is 0 Å². The van der Waals surface area contributed by atoms with Gasteiger partial charge in [0.05, 0.1) is 6.26 Å². The lowest BCUT2D eigenvalue weighted by Crippen LogP contribution is -2.57. The smallest absolute Gasteiger partial charge is 0.303 e. The Kier molecular flexibility index (Phi) is 5.75. The summed E-state index contributed by atoms with van der Waals surface area (Å²) in [6.45, 7) is 5.39. The minimum Gasteiger partial charge on any atom is -0.481 e. The number of nitrogens with zero attached hydrogens (tertiary/aromatic N) is 3. The number of hydrogen-bond donors (Lipinski definition) is 1. The fraction of sp³-hybridized carbons (Fsp3) is 0.667. The maximum atomic E-state index is 12.6. The van der Waals surface area contributed by atoms with E-state index in [-0.39, 0.29) is 18.2 Å². The average molecular weight is 349 g/mol. The first kappa shape index (κ1) is 17.9. The van der Waals surface area contributed by atoms with Gasteiger partial charge in [-0.3, -0.25) is 14.5 Å². The zero-order valence-corrected chi connectivity index (χ0v) is 14.8. The number of aliphatic carboxylic acids is 1. The minimum absolute atomic E-state index is 0.0952. The Bertz CT molecular complexity index is 581. The second-order valence-corrected chi connectivity index (χ2v) is 7.12. The van der Waals surface area contributed by atoms with Crippen LogP contribution in [0.2, 0.25) is 0 Å². The molecule has 0 saturated carbocycles. The number of likely N-dealkylation sites (tertiary alicyclic amines) is 1. The van der Waals surface area contributed by atoms with Crippen molar-refractivity contribution in [2.24, 2.45) is 5.92 Å². The van der Waals surface area contributed by atoms with E-state index in [4.69, 9.17) is 9.52 Å². The first-order valence-corrected chi connectivity index (χ1v) is 9.02. The number of carboxylic acids is 1. The van der Waals surface area contributed by atoms with Crippen molar-refractivity contribution >= 4 is 11.9 Å². The lowest BCUT2D eigenvalue weighted by molar-refractivity contribution is -0.137. The molecule has 1 aromatic heterocycles.